The summed E-state index contributed by atoms with van der Waals surface area (Å²) in [6, 6.07) is 0. The van der Waals surface area contributed by atoms with E-state index < -0.39 is 17.3 Å². The van der Waals surface area contributed by atoms with Crippen LogP contribution in [0.1, 0.15) is 101 Å². The van der Waals surface area contributed by atoms with E-state index >= 15 is 0 Å². The fraction of sp³-hybridized carbons (Fsp3) is 0.826. The first-order valence-corrected chi connectivity index (χ1v) is 11.7. The number of carbonyl (C=O) groups is 4. The first-order valence-electron chi connectivity index (χ1n) is 11.2. The Hall–Kier alpha value is -1.77. The molecule has 32 heavy (non-hydrogen) atoms. The summed E-state index contributed by atoms with van der Waals surface area (Å²) in [7, 11) is 0. The van der Waals surface area contributed by atoms with Crippen LogP contribution in [-0.4, -0.2) is 46.7 Å². The molecule has 0 heterocycles. The van der Waals surface area contributed by atoms with Gasteiger partial charge in [0.05, 0.1) is 5.25 Å². The number of amides is 2. The van der Waals surface area contributed by atoms with E-state index in [0.29, 0.717) is 19.4 Å². The summed E-state index contributed by atoms with van der Waals surface area (Å²) in [5, 5.41) is 2.60. The fourth-order valence-electron chi connectivity index (χ4n) is 2.07. The normalized spacial score (nSPS) is 11.6. The van der Waals surface area contributed by atoms with Gasteiger partial charge in [0.1, 0.15) is 17.0 Å². The van der Waals surface area contributed by atoms with E-state index in [9.17, 15) is 19.2 Å². The van der Waals surface area contributed by atoms with Crippen LogP contribution in [0.4, 0.5) is 4.79 Å². The van der Waals surface area contributed by atoms with Crippen molar-refractivity contribution in [3.05, 3.63) is 0 Å². The van der Waals surface area contributed by atoms with Gasteiger partial charge in [-0.15, -0.1) is 0 Å². The third-order valence-corrected chi connectivity index (χ3v) is 3.93. The maximum Gasteiger partial charge on any atom is 0.405 e. The van der Waals surface area contributed by atoms with Crippen LogP contribution in [0.15, 0.2) is 0 Å². The zero-order valence-electron chi connectivity index (χ0n) is 21.5. The number of carbonyl (C=O) groups excluding carboxylic acids is 4. The van der Waals surface area contributed by atoms with E-state index in [0.717, 1.165) is 19.3 Å². The lowest BCUT2D eigenvalue weighted by atomic mass is 10.1. The molecule has 0 aromatic rings. The van der Waals surface area contributed by atoms with Crippen molar-refractivity contribution in [1.29, 1.82) is 0 Å². The molecule has 0 rings (SSSR count). The molecule has 0 spiro atoms. The van der Waals surface area contributed by atoms with Gasteiger partial charge in [-0.2, -0.15) is 12.6 Å². The number of primary amides is 1. The van der Waals surface area contributed by atoms with Crippen LogP contribution in [-0.2, 0) is 23.9 Å². The number of nitrogens with one attached hydrogen (secondary N) is 1. The number of hydrogen-bond acceptors (Lipinski definition) is 7. The average molecular weight is 479 g/mol. The molecule has 0 aromatic carbocycles. The van der Waals surface area contributed by atoms with Gasteiger partial charge < -0.3 is 20.5 Å². The van der Waals surface area contributed by atoms with E-state index in [4.69, 9.17) is 10.5 Å². The largest absolute Gasteiger partial charge is 0.460 e. The summed E-state index contributed by atoms with van der Waals surface area (Å²) < 4.78 is 9.75. The number of Topliss-reactive ketones (excluding diaryl/α,β-unsaturated/α-hetero) is 1. The van der Waals surface area contributed by atoms with Crippen molar-refractivity contribution >= 4 is 36.4 Å². The third kappa shape index (κ3) is 30.4. The maximum atomic E-state index is 11.6. The number of ether oxygens (including phenoxy) is 2. The van der Waals surface area contributed by atoms with Crippen molar-refractivity contribution < 1.29 is 28.7 Å². The van der Waals surface area contributed by atoms with Crippen molar-refractivity contribution in [2.75, 3.05) is 6.54 Å². The molecule has 0 bridgehead atoms. The lowest BCUT2D eigenvalue weighted by Crippen LogP contribution is -2.27. The number of esters is 1. The second-order valence-electron chi connectivity index (χ2n) is 8.95. The molecular weight excluding hydrogens is 432 g/mol. The van der Waals surface area contributed by atoms with Crippen molar-refractivity contribution in [2.45, 2.75) is 117 Å². The minimum Gasteiger partial charge on any atom is -0.460 e. The first-order chi connectivity index (χ1) is 14.5. The summed E-state index contributed by atoms with van der Waals surface area (Å²) in [5.74, 6) is -0.253. The lowest BCUT2D eigenvalue weighted by molar-refractivity contribution is -0.154. The molecule has 0 aromatic heterocycles. The Morgan fingerprint density at radius 2 is 1.38 bits per heavy atom. The molecule has 0 radical (unpaired) electrons. The van der Waals surface area contributed by atoms with Crippen molar-refractivity contribution in [3.63, 3.8) is 0 Å². The summed E-state index contributed by atoms with van der Waals surface area (Å²) in [5.41, 5.74) is 3.78. The molecule has 8 nitrogen and oxygen atoms in total. The number of unbranched alkanes of at least 4 members (excludes halogenated alkanes) is 1. The molecule has 190 valence electrons. The Morgan fingerprint density at radius 1 is 0.875 bits per heavy atom. The quantitative estimate of drug-likeness (QED) is 0.240. The molecule has 0 fully saturated rings. The number of thiol groups is 1. The zero-order chi connectivity index (χ0) is 26.0. The maximum absolute atomic E-state index is 11.6. The van der Waals surface area contributed by atoms with Gasteiger partial charge >= 0.3 is 12.1 Å². The van der Waals surface area contributed by atoms with Gasteiger partial charge in [-0.25, -0.2) is 4.79 Å². The number of hydrogen-bond donors (Lipinski definition) is 3. The van der Waals surface area contributed by atoms with E-state index in [1.807, 2.05) is 34.6 Å². The standard InChI is InChI=1S/C16H29NO4S.C5H11NO2.C2H6/c1-12(18)13(22)8-5-6-11-17-14(19)9-7-10-15(20)21-16(2,3)4;1-5(2,3)8-4(6)7;1-2/h13,22H,5-11H2,1-4H3,(H,17,19);1-3H3,(H2,6,7);1-2H3. The van der Waals surface area contributed by atoms with Crippen LogP contribution in [0.25, 0.3) is 0 Å². The van der Waals surface area contributed by atoms with Crippen LogP contribution in [0, 0.1) is 0 Å². The molecule has 0 saturated heterocycles. The zero-order valence-corrected chi connectivity index (χ0v) is 22.4. The Bertz CT molecular complexity index is 554. The van der Waals surface area contributed by atoms with Crippen molar-refractivity contribution in [1.82, 2.24) is 5.32 Å². The Morgan fingerprint density at radius 3 is 1.75 bits per heavy atom. The smallest absolute Gasteiger partial charge is 0.405 e. The van der Waals surface area contributed by atoms with Crippen LogP contribution in [0.3, 0.4) is 0 Å². The number of rotatable bonds is 10. The summed E-state index contributed by atoms with van der Waals surface area (Å²) in [6.45, 7) is 16.9. The molecular formula is C23H46N2O6S. The molecule has 0 aliphatic carbocycles. The minimum atomic E-state index is -0.725. The number of nitrogens with two attached hydrogens (primary N) is 1. The topological polar surface area (TPSA) is 125 Å². The monoisotopic (exact) mass is 478 g/mol. The highest BCUT2D eigenvalue weighted by Gasteiger charge is 2.16. The molecule has 0 aliphatic heterocycles. The van der Waals surface area contributed by atoms with Crippen LogP contribution < -0.4 is 11.1 Å². The van der Waals surface area contributed by atoms with Crippen LogP contribution >= 0.6 is 12.6 Å². The minimum absolute atomic E-state index is 0.0578. The Kier molecular flexibility index (Phi) is 20.4. The SMILES string of the molecule is CC.CC(=O)C(S)CCCCNC(=O)CCCC(=O)OC(C)(C)C.CC(C)(C)OC(N)=O. The summed E-state index contributed by atoms with van der Waals surface area (Å²) in [4.78, 5) is 44.1. The molecule has 9 heteroatoms. The molecule has 0 aliphatic rings. The van der Waals surface area contributed by atoms with Gasteiger partial charge in [0.25, 0.3) is 0 Å². The summed E-state index contributed by atoms with van der Waals surface area (Å²) in [6.07, 6.45) is 2.75. The molecule has 3 N–H and O–H groups in total. The molecule has 0 saturated carbocycles. The van der Waals surface area contributed by atoms with Gasteiger partial charge in [0, 0.05) is 19.4 Å². The van der Waals surface area contributed by atoms with Gasteiger partial charge in [-0.3, -0.25) is 14.4 Å². The predicted molar refractivity (Wildman–Crippen MR) is 132 cm³/mol. The van der Waals surface area contributed by atoms with Crippen LogP contribution in [0.5, 0.6) is 0 Å². The average Bonchev–Trinajstić information content (AvgIpc) is 2.59. The van der Waals surface area contributed by atoms with E-state index in [1.165, 1.54) is 6.92 Å². The van der Waals surface area contributed by atoms with E-state index in [-0.39, 0.29) is 29.3 Å². The number of ketones is 1. The van der Waals surface area contributed by atoms with Gasteiger partial charge in [0.15, 0.2) is 0 Å². The highest BCUT2D eigenvalue weighted by Crippen LogP contribution is 2.10. The molecule has 2 amide bonds. The molecule has 1 atom stereocenters. The second-order valence-corrected chi connectivity index (χ2v) is 9.57. The van der Waals surface area contributed by atoms with E-state index in [2.05, 4.69) is 22.7 Å². The third-order valence-electron chi connectivity index (χ3n) is 3.31. The van der Waals surface area contributed by atoms with Gasteiger partial charge in [0.2, 0.25) is 5.91 Å². The Balaban J connectivity index is -0.000000703. The van der Waals surface area contributed by atoms with Crippen LogP contribution in [0.2, 0.25) is 0 Å². The lowest BCUT2D eigenvalue weighted by Gasteiger charge is -2.19. The fourth-order valence-corrected chi connectivity index (χ4v) is 2.25. The van der Waals surface area contributed by atoms with E-state index in [1.54, 1.807) is 20.8 Å². The first kappa shape index (κ1) is 34.8. The highest BCUT2D eigenvalue weighted by molar-refractivity contribution is 7.81. The van der Waals surface area contributed by atoms with Gasteiger partial charge in [-0.1, -0.05) is 20.3 Å². The van der Waals surface area contributed by atoms with Crippen molar-refractivity contribution in [2.24, 2.45) is 5.73 Å². The van der Waals surface area contributed by atoms with Crippen molar-refractivity contribution in [3.8, 4) is 0 Å². The van der Waals surface area contributed by atoms with Gasteiger partial charge in [-0.05, 0) is 67.7 Å². The second kappa shape index (κ2) is 18.8. The Labute approximate surface area is 200 Å². The summed E-state index contributed by atoms with van der Waals surface area (Å²) >= 11 is 4.18. The predicted octanol–water partition coefficient (Wildman–Crippen LogP) is 4.58. The molecule has 1 unspecified atom stereocenters. The highest BCUT2D eigenvalue weighted by atomic mass is 32.1.